The summed E-state index contributed by atoms with van der Waals surface area (Å²) in [7, 11) is 0. The van der Waals surface area contributed by atoms with Crippen LogP contribution in [-0.2, 0) is 4.79 Å². The number of aliphatic hydroxyl groups excluding tert-OH is 1. The van der Waals surface area contributed by atoms with E-state index in [1.54, 1.807) is 0 Å². The fraction of sp³-hybridized carbons (Fsp3) is 0.917. The first kappa shape index (κ1) is 11.1. The van der Waals surface area contributed by atoms with Crippen molar-refractivity contribution in [2.45, 2.75) is 44.6 Å². The lowest BCUT2D eigenvalue weighted by atomic mass is 9.87. The zero-order valence-corrected chi connectivity index (χ0v) is 9.32. The molecule has 2 fully saturated rings. The van der Waals surface area contributed by atoms with Gasteiger partial charge in [-0.1, -0.05) is 12.8 Å². The van der Waals surface area contributed by atoms with E-state index in [0.29, 0.717) is 0 Å². The van der Waals surface area contributed by atoms with Crippen LogP contribution in [0.1, 0.15) is 38.5 Å². The Balaban J connectivity index is 1.87. The molecular weight excluding hydrogens is 190 g/mol. The van der Waals surface area contributed by atoms with Gasteiger partial charge in [-0.15, -0.1) is 0 Å². The second-order valence-electron chi connectivity index (χ2n) is 5.19. The van der Waals surface area contributed by atoms with Crippen molar-refractivity contribution in [3.05, 3.63) is 0 Å². The molecule has 0 unspecified atom stereocenters. The third-order valence-electron chi connectivity index (χ3n) is 3.94. The average Bonchev–Trinajstić information content (AvgIpc) is 2.71. The van der Waals surface area contributed by atoms with E-state index < -0.39 is 0 Å². The number of carbonyl (C=O) groups is 1. The van der Waals surface area contributed by atoms with Crippen LogP contribution in [0, 0.1) is 5.41 Å². The van der Waals surface area contributed by atoms with Gasteiger partial charge in [0.05, 0.1) is 6.10 Å². The molecule has 1 saturated heterocycles. The highest BCUT2D eigenvalue weighted by Crippen LogP contribution is 2.37. The topological polar surface area (TPSA) is 40.5 Å². The quantitative estimate of drug-likeness (QED) is 0.713. The minimum absolute atomic E-state index is 0.0533. The minimum atomic E-state index is -0.114. The van der Waals surface area contributed by atoms with Gasteiger partial charge in [0.15, 0.2) is 0 Å². The molecule has 0 radical (unpaired) electrons. The Kier molecular flexibility index (Phi) is 3.42. The van der Waals surface area contributed by atoms with Crippen molar-refractivity contribution in [2.24, 2.45) is 5.41 Å². The van der Waals surface area contributed by atoms with Crippen LogP contribution in [0.5, 0.6) is 0 Å². The van der Waals surface area contributed by atoms with Crippen LogP contribution in [0.3, 0.4) is 0 Å². The number of nitrogens with zero attached hydrogens (tertiary/aromatic N) is 1. The molecule has 1 N–H and O–H groups in total. The Morgan fingerprint density at radius 3 is 2.40 bits per heavy atom. The maximum absolute atomic E-state index is 11.2. The Bertz CT molecular complexity index is 216. The third-order valence-corrected chi connectivity index (χ3v) is 3.94. The summed E-state index contributed by atoms with van der Waals surface area (Å²) in [4.78, 5) is 13.5. The second-order valence-corrected chi connectivity index (χ2v) is 5.19. The fourth-order valence-electron chi connectivity index (χ4n) is 2.92. The van der Waals surface area contributed by atoms with Gasteiger partial charge in [0.1, 0.15) is 6.29 Å². The summed E-state index contributed by atoms with van der Waals surface area (Å²) >= 11 is 0. The Hall–Kier alpha value is -0.410. The molecule has 1 aliphatic heterocycles. The number of hydrogen-bond donors (Lipinski definition) is 1. The predicted octanol–water partition coefficient (Wildman–Crippen LogP) is 1.20. The van der Waals surface area contributed by atoms with Crippen LogP contribution in [0.25, 0.3) is 0 Å². The molecule has 0 aromatic heterocycles. The number of piperidine rings is 1. The first-order chi connectivity index (χ1) is 7.24. The number of aliphatic hydroxyl groups is 1. The largest absolute Gasteiger partial charge is 0.393 e. The third kappa shape index (κ3) is 2.58. The first-order valence-electron chi connectivity index (χ1n) is 6.11. The molecule has 0 spiro atoms. The summed E-state index contributed by atoms with van der Waals surface area (Å²) in [6, 6.07) is 0. The normalized spacial score (nSPS) is 28.1. The number of aldehydes is 1. The number of rotatable bonds is 3. The van der Waals surface area contributed by atoms with Crippen LogP contribution in [0.15, 0.2) is 0 Å². The summed E-state index contributed by atoms with van der Waals surface area (Å²) in [5.41, 5.74) is -0.0533. The van der Waals surface area contributed by atoms with Crippen molar-refractivity contribution in [3.63, 3.8) is 0 Å². The van der Waals surface area contributed by atoms with Gasteiger partial charge in [-0.05, 0) is 25.7 Å². The maximum Gasteiger partial charge on any atom is 0.127 e. The molecule has 0 aromatic rings. The van der Waals surface area contributed by atoms with Gasteiger partial charge < -0.3 is 14.8 Å². The summed E-state index contributed by atoms with van der Waals surface area (Å²) in [6.45, 7) is 2.83. The van der Waals surface area contributed by atoms with E-state index in [1.165, 1.54) is 19.1 Å². The van der Waals surface area contributed by atoms with Gasteiger partial charge in [0, 0.05) is 25.0 Å². The SMILES string of the molecule is O=CC1(CN2CCC(O)CC2)CCCC1. The Labute approximate surface area is 91.5 Å². The van der Waals surface area contributed by atoms with E-state index in [1.807, 2.05) is 0 Å². The fourth-order valence-corrected chi connectivity index (χ4v) is 2.92. The summed E-state index contributed by atoms with van der Waals surface area (Å²) < 4.78 is 0. The lowest BCUT2D eigenvalue weighted by Gasteiger charge is -2.35. The molecule has 0 atom stereocenters. The Morgan fingerprint density at radius 2 is 1.87 bits per heavy atom. The molecular formula is C12H21NO2. The van der Waals surface area contributed by atoms with Crippen LogP contribution < -0.4 is 0 Å². The van der Waals surface area contributed by atoms with Crippen molar-refractivity contribution in [3.8, 4) is 0 Å². The molecule has 86 valence electrons. The van der Waals surface area contributed by atoms with Gasteiger partial charge in [-0.3, -0.25) is 0 Å². The van der Waals surface area contributed by atoms with Crippen LogP contribution in [0.2, 0.25) is 0 Å². The molecule has 0 bridgehead atoms. The molecule has 2 rings (SSSR count). The summed E-state index contributed by atoms with van der Waals surface area (Å²) in [5.74, 6) is 0. The first-order valence-corrected chi connectivity index (χ1v) is 6.11. The van der Waals surface area contributed by atoms with Crippen molar-refractivity contribution in [1.82, 2.24) is 4.90 Å². The van der Waals surface area contributed by atoms with E-state index in [9.17, 15) is 9.90 Å². The van der Waals surface area contributed by atoms with Gasteiger partial charge >= 0.3 is 0 Å². The smallest absolute Gasteiger partial charge is 0.127 e. The van der Waals surface area contributed by atoms with Gasteiger partial charge in [0.2, 0.25) is 0 Å². The van der Waals surface area contributed by atoms with Crippen molar-refractivity contribution < 1.29 is 9.90 Å². The highest BCUT2D eigenvalue weighted by Gasteiger charge is 2.35. The van der Waals surface area contributed by atoms with E-state index in [-0.39, 0.29) is 11.5 Å². The predicted molar refractivity (Wildman–Crippen MR) is 58.6 cm³/mol. The van der Waals surface area contributed by atoms with Gasteiger partial charge in [0.25, 0.3) is 0 Å². The zero-order chi connectivity index (χ0) is 10.7. The highest BCUT2D eigenvalue weighted by molar-refractivity contribution is 5.60. The second kappa shape index (κ2) is 4.62. The molecule has 3 nitrogen and oxygen atoms in total. The monoisotopic (exact) mass is 211 g/mol. The average molecular weight is 211 g/mol. The van der Waals surface area contributed by atoms with E-state index in [4.69, 9.17) is 0 Å². The molecule has 0 amide bonds. The number of likely N-dealkylation sites (tertiary alicyclic amines) is 1. The molecule has 3 heteroatoms. The zero-order valence-electron chi connectivity index (χ0n) is 9.32. The minimum Gasteiger partial charge on any atom is -0.393 e. The molecule has 0 aromatic carbocycles. The van der Waals surface area contributed by atoms with Crippen molar-refractivity contribution in [2.75, 3.05) is 19.6 Å². The van der Waals surface area contributed by atoms with E-state index in [0.717, 1.165) is 45.3 Å². The molecule has 1 saturated carbocycles. The van der Waals surface area contributed by atoms with Crippen molar-refractivity contribution >= 4 is 6.29 Å². The van der Waals surface area contributed by atoms with Crippen molar-refractivity contribution in [1.29, 1.82) is 0 Å². The summed E-state index contributed by atoms with van der Waals surface area (Å²) in [5, 5.41) is 9.41. The Morgan fingerprint density at radius 1 is 1.27 bits per heavy atom. The number of carbonyl (C=O) groups excluding carboxylic acids is 1. The molecule has 15 heavy (non-hydrogen) atoms. The van der Waals surface area contributed by atoms with Gasteiger partial charge in [-0.25, -0.2) is 0 Å². The lowest BCUT2D eigenvalue weighted by Crippen LogP contribution is -2.43. The molecule has 1 heterocycles. The van der Waals surface area contributed by atoms with E-state index in [2.05, 4.69) is 4.90 Å². The lowest BCUT2D eigenvalue weighted by molar-refractivity contribution is -0.117. The van der Waals surface area contributed by atoms with Gasteiger partial charge in [-0.2, -0.15) is 0 Å². The standard InChI is InChI=1S/C12H21NO2/c14-10-12(5-1-2-6-12)9-13-7-3-11(15)4-8-13/h10-11,15H,1-9H2. The highest BCUT2D eigenvalue weighted by atomic mass is 16.3. The van der Waals surface area contributed by atoms with Crippen LogP contribution in [0.4, 0.5) is 0 Å². The van der Waals surface area contributed by atoms with Crippen LogP contribution >= 0.6 is 0 Å². The summed E-state index contributed by atoms with van der Waals surface area (Å²) in [6.07, 6.45) is 7.35. The number of hydrogen-bond acceptors (Lipinski definition) is 3. The van der Waals surface area contributed by atoms with Crippen LogP contribution in [-0.4, -0.2) is 42.0 Å². The van der Waals surface area contributed by atoms with E-state index >= 15 is 0 Å². The molecule has 2 aliphatic rings. The maximum atomic E-state index is 11.2. The molecule has 1 aliphatic carbocycles.